The fourth-order valence-electron chi connectivity index (χ4n) is 4.77. The molecule has 5 rings (SSSR count). The fourth-order valence-corrected chi connectivity index (χ4v) is 5.43. The Morgan fingerprint density at radius 2 is 1.81 bits per heavy atom. The minimum Gasteiger partial charge on any atom is -0.323 e. The Balaban J connectivity index is 1.33. The van der Waals surface area contributed by atoms with Crippen LogP contribution in [0.4, 0.5) is 10.5 Å². The van der Waals surface area contributed by atoms with E-state index in [-0.39, 0.29) is 18.0 Å². The number of carbonyl (C=O) groups is 2. The lowest BCUT2D eigenvalue weighted by atomic mass is 9.86. The number of amides is 3. The zero-order valence-electron chi connectivity index (χ0n) is 17.9. The number of rotatable bonds is 3. The first-order valence-electron chi connectivity index (χ1n) is 10.6. The molecule has 0 radical (unpaired) electrons. The molecule has 3 aromatic rings. The maximum Gasteiger partial charge on any atom is 0.329 e. The number of aryl methyl sites for hydroxylation is 2. The van der Waals surface area contributed by atoms with Gasteiger partial charge in [0.25, 0.3) is 5.91 Å². The highest BCUT2D eigenvalue weighted by molar-refractivity contribution is 7.16. The first kappa shape index (κ1) is 20.1. The van der Waals surface area contributed by atoms with E-state index in [2.05, 4.69) is 45.3 Å². The van der Waals surface area contributed by atoms with Gasteiger partial charge in [-0.05, 0) is 63.4 Å². The zero-order valence-corrected chi connectivity index (χ0v) is 18.7. The van der Waals surface area contributed by atoms with E-state index in [4.69, 9.17) is 0 Å². The molecule has 2 aromatic heterocycles. The van der Waals surface area contributed by atoms with E-state index in [0.717, 1.165) is 30.0 Å². The van der Waals surface area contributed by atoms with Crippen molar-refractivity contribution in [2.75, 3.05) is 18.0 Å². The van der Waals surface area contributed by atoms with Crippen LogP contribution in [0.5, 0.6) is 0 Å². The minimum atomic E-state index is -0.822. The number of benzene rings is 1. The van der Waals surface area contributed by atoms with Crippen molar-refractivity contribution in [2.45, 2.75) is 45.2 Å². The Hall–Kier alpha value is -2.84. The number of imide groups is 1. The van der Waals surface area contributed by atoms with Crippen molar-refractivity contribution in [3.05, 3.63) is 52.8 Å². The van der Waals surface area contributed by atoms with Crippen LogP contribution in [0.15, 0.2) is 35.8 Å². The molecule has 0 aliphatic carbocycles. The number of carbonyl (C=O) groups excluding carboxylic acids is 2. The third kappa shape index (κ3) is 3.40. The van der Waals surface area contributed by atoms with Gasteiger partial charge >= 0.3 is 6.03 Å². The first-order chi connectivity index (χ1) is 14.9. The molecule has 4 heterocycles. The normalized spacial score (nSPS) is 19.9. The van der Waals surface area contributed by atoms with Gasteiger partial charge in [-0.3, -0.25) is 14.7 Å². The predicted octanol–water partition coefficient (Wildman–Crippen LogP) is 3.96. The standard InChI is InChI=1S/C23H25N5O2S/c1-14-10-18(11-15(2)25-14)28-21(29)23(26-22(28)30)6-8-27(9-7-23)16(3)17-4-5-20-19(12-17)24-13-31-20/h4-5,10-13,16H,6-9H2,1-3H3,(H,26,30)/t16-/m1/s1. The molecule has 3 amide bonds. The van der Waals surface area contributed by atoms with E-state index in [1.165, 1.54) is 15.2 Å². The van der Waals surface area contributed by atoms with Crippen molar-refractivity contribution >= 4 is 39.2 Å². The smallest absolute Gasteiger partial charge is 0.323 e. The molecule has 160 valence electrons. The number of fused-ring (bicyclic) bond motifs is 1. The van der Waals surface area contributed by atoms with Crippen molar-refractivity contribution < 1.29 is 9.59 Å². The number of nitrogens with one attached hydrogen (secondary N) is 1. The first-order valence-corrected chi connectivity index (χ1v) is 11.4. The SMILES string of the molecule is Cc1cc(N2C(=O)NC3(CCN([C@H](C)c4ccc5scnc5c4)CC3)C2=O)cc(C)n1. The lowest BCUT2D eigenvalue weighted by molar-refractivity contribution is -0.124. The highest BCUT2D eigenvalue weighted by Gasteiger charge is 2.53. The number of nitrogens with zero attached hydrogens (tertiary/aromatic N) is 4. The lowest BCUT2D eigenvalue weighted by Crippen LogP contribution is -2.55. The van der Waals surface area contributed by atoms with E-state index in [1.54, 1.807) is 23.5 Å². The second-order valence-electron chi connectivity index (χ2n) is 8.55. The van der Waals surface area contributed by atoms with Crippen LogP contribution < -0.4 is 10.2 Å². The van der Waals surface area contributed by atoms with E-state index >= 15 is 0 Å². The van der Waals surface area contributed by atoms with Crippen molar-refractivity contribution in [3.8, 4) is 0 Å². The number of likely N-dealkylation sites (tertiary alicyclic amines) is 1. The molecular weight excluding hydrogens is 410 g/mol. The lowest BCUT2D eigenvalue weighted by Gasteiger charge is -2.40. The van der Waals surface area contributed by atoms with Gasteiger partial charge in [0.05, 0.1) is 21.4 Å². The summed E-state index contributed by atoms with van der Waals surface area (Å²) in [4.78, 5) is 38.6. The zero-order chi connectivity index (χ0) is 21.8. The van der Waals surface area contributed by atoms with Gasteiger partial charge < -0.3 is 5.32 Å². The molecule has 2 fully saturated rings. The topological polar surface area (TPSA) is 78.4 Å². The molecule has 7 nitrogen and oxygen atoms in total. The van der Waals surface area contributed by atoms with Crippen LogP contribution in [0.25, 0.3) is 10.2 Å². The van der Waals surface area contributed by atoms with E-state index in [9.17, 15) is 9.59 Å². The van der Waals surface area contributed by atoms with Crippen LogP contribution >= 0.6 is 11.3 Å². The van der Waals surface area contributed by atoms with Crippen LogP contribution in [0.1, 0.15) is 42.8 Å². The molecular formula is C23H25N5O2S. The molecule has 2 aliphatic rings. The highest BCUT2D eigenvalue weighted by atomic mass is 32.1. The number of piperidine rings is 1. The van der Waals surface area contributed by atoms with Gasteiger partial charge in [0.15, 0.2) is 0 Å². The van der Waals surface area contributed by atoms with Gasteiger partial charge in [0.1, 0.15) is 5.54 Å². The molecule has 0 saturated carbocycles. The average Bonchev–Trinajstić information content (AvgIpc) is 3.29. The summed E-state index contributed by atoms with van der Waals surface area (Å²) in [5, 5.41) is 3.01. The summed E-state index contributed by atoms with van der Waals surface area (Å²) in [7, 11) is 0. The summed E-state index contributed by atoms with van der Waals surface area (Å²) >= 11 is 1.65. The van der Waals surface area contributed by atoms with Crippen LogP contribution in [0.2, 0.25) is 0 Å². The third-order valence-corrected chi connectivity index (χ3v) is 7.33. The fraction of sp³-hybridized carbons (Fsp3) is 0.391. The molecule has 2 saturated heterocycles. The molecule has 0 unspecified atom stereocenters. The van der Waals surface area contributed by atoms with E-state index < -0.39 is 5.54 Å². The van der Waals surface area contributed by atoms with Crippen LogP contribution in [0, 0.1) is 13.8 Å². The summed E-state index contributed by atoms with van der Waals surface area (Å²) in [5.74, 6) is -0.154. The molecule has 8 heteroatoms. The number of pyridine rings is 1. The second kappa shape index (κ2) is 7.39. The maximum absolute atomic E-state index is 13.4. The summed E-state index contributed by atoms with van der Waals surface area (Å²) < 4.78 is 1.19. The maximum atomic E-state index is 13.4. The van der Waals surface area contributed by atoms with Gasteiger partial charge in [-0.15, -0.1) is 11.3 Å². The Morgan fingerprint density at radius 1 is 1.10 bits per heavy atom. The van der Waals surface area contributed by atoms with Crippen molar-refractivity contribution in [3.63, 3.8) is 0 Å². The van der Waals surface area contributed by atoms with Crippen LogP contribution in [-0.4, -0.2) is 45.4 Å². The summed E-state index contributed by atoms with van der Waals surface area (Å²) in [5.41, 5.74) is 5.47. The number of urea groups is 1. The molecule has 0 bridgehead atoms. The molecule has 31 heavy (non-hydrogen) atoms. The van der Waals surface area contributed by atoms with Gasteiger partial charge in [-0.1, -0.05) is 6.07 Å². The number of anilines is 1. The number of thiazole rings is 1. The molecule has 2 aliphatic heterocycles. The predicted molar refractivity (Wildman–Crippen MR) is 121 cm³/mol. The minimum absolute atomic E-state index is 0.154. The number of hydrogen-bond acceptors (Lipinski definition) is 6. The molecule has 1 atom stereocenters. The Labute approximate surface area is 185 Å². The second-order valence-corrected chi connectivity index (χ2v) is 9.44. The van der Waals surface area contributed by atoms with Gasteiger partial charge in [-0.2, -0.15) is 0 Å². The Morgan fingerprint density at radius 3 is 2.52 bits per heavy atom. The monoisotopic (exact) mass is 435 g/mol. The molecule has 1 aromatic carbocycles. The molecule has 1 N–H and O–H groups in total. The summed E-state index contributed by atoms with van der Waals surface area (Å²) in [6, 6.07) is 9.89. The van der Waals surface area contributed by atoms with Gasteiger partial charge in [0, 0.05) is 30.5 Å². The third-order valence-electron chi connectivity index (χ3n) is 6.52. The van der Waals surface area contributed by atoms with Crippen LogP contribution in [0.3, 0.4) is 0 Å². The number of hydrogen-bond donors (Lipinski definition) is 1. The average molecular weight is 436 g/mol. The Bertz CT molecular complexity index is 1160. The largest absolute Gasteiger partial charge is 0.329 e. The Kier molecular flexibility index (Phi) is 4.79. The van der Waals surface area contributed by atoms with E-state index in [1.807, 2.05) is 19.4 Å². The van der Waals surface area contributed by atoms with Crippen LogP contribution in [-0.2, 0) is 4.79 Å². The summed E-state index contributed by atoms with van der Waals surface area (Å²) in [6.07, 6.45) is 1.20. The highest BCUT2D eigenvalue weighted by Crippen LogP contribution is 2.36. The van der Waals surface area contributed by atoms with Gasteiger partial charge in [-0.25, -0.2) is 14.7 Å². The summed E-state index contributed by atoms with van der Waals surface area (Å²) in [6.45, 7) is 7.41. The van der Waals surface area contributed by atoms with Crippen molar-refractivity contribution in [1.29, 1.82) is 0 Å². The number of aromatic nitrogens is 2. The molecule has 1 spiro atoms. The van der Waals surface area contributed by atoms with Gasteiger partial charge in [0.2, 0.25) is 0 Å². The van der Waals surface area contributed by atoms with E-state index in [0.29, 0.717) is 18.5 Å². The van der Waals surface area contributed by atoms with Crippen molar-refractivity contribution in [2.24, 2.45) is 0 Å². The quantitative estimate of drug-likeness (QED) is 0.630. The van der Waals surface area contributed by atoms with Crippen molar-refractivity contribution in [1.82, 2.24) is 20.2 Å².